The minimum Gasteiger partial charge on any atom is -0.0851 e. The fourth-order valence-corrected chi connectivity index (χ4v) is 3.06. The van der Waals surface area contributed by atoms with E-state index in [2.05, 4.69) is 19.1 Å². The van der Waals surface area contributed by atoms with Gasteiger partial charge in [0, 0.05) is 0 Å². The second-order valence-electron chi connectivity index (χ2n) is 4.89. The molecule has 0 radical (unpaired) electrons. The zero-order valence-corrected chi connectivity index (χ0v) is 8.84. The van der Waals surface area contributed by atoms with Crippen LogP contribution in [0.15, 0.2) is 12.2 Å². The highest BCUT2D eigenvalue weighted by molar-refractivity contribution is 5.09. The maximum atomic E-state index is 2.48. The molecule has 0 spiro atoms. The lowest BCUT2D eigenvalue weighted by molar-refractivity contribution is 0.395. The normalized spacial score (nSPS) is 35.9. The Kier molecular flexibility index (Phi) is 3.08. The molecule has 2 aliphatic rings. The van der Waals surface area contributed by atoms with Crippen molar-refractivity contribution in [2.75, 3.05) is 0 Å². The summed E-state index contributed by atoms with van der Waals surface area (Å²) in [6.07, 6.45) is 15.2. The average molecular weight is 178 g/mol. The lowest BCUT2D eigenvalue weighted by Crippen LogP contribution is -2.06. The van der Waals surface area contributed by atoms with E-state index in [1.54, 1.807) is 0 Å². The molecule has 0 aromatic rings. The van der Waals surface area contributed by atoms with Gasteiger partial charge in [-0.1, -0.05) is 44.8 Å². The summed E-state index contributed by atoms with van der Waals surface area (Å²) in [7, 11) is 0. The highest BCUT2D eigenvalue weighted by Gasteiger charge is 2.34. The van der Waals surface area contributed by atoms with Gasteiger partial charge in [0.1, 0.15) is 0 Å². The van der Waals surface area contributed by atoms with Crippen LogP contribution < -0.4 is 0 Å². The van der Waals surface area contributed by atoms with Gasteiger partial charge in [-0.05, 0) is 37.0 Å². The first-order valence-electron chi connectivity index (χ1n) is 6.08. The van der Waals surface area contributed by atoms with Gasteiger partial charge in [-0.25, -0.2) is 0 Å². The third-order valence-corrected chi connectivity index (χ3v) is 3.84. The maximum Gasteiger partial charge on any atom is -0.0199 e. The molecule has 0 N–H and O–H groups in total. The predicted molar refractivity (Wildman–Crippen MR) is 57.6 cm³/mol. The van der Waals surface area contributed by atoms with Crippen molar-refractivity contribution in [3.8, 4) is 0 Å². The molecule has 0 nitrogen and oxygen atoms in total. The molecule has 0 aromatic heterocycles. The van der Waals surface area contributed by atoms with Crippen molar-refractivity contribution in [3.63, 3.8) is 0 Å². The number of hydrogen-bond acceptors (Lipinski definition) is 0. The fourth-order valence-electron chi connectivity index (χ4n) is 3.06. The van der Waals surface area contributed by atoms with Gasteiger partial charge in [0.2, 0.25) is 0 Å². The van der Waals surface area contributed by atoms with Crippen LogP contribution in [0.5, 0.6) is 0 Å². The van der Waals surface area contributed by atoms with E-state index < -0.39 is 0 Å². The van der Waals surface area contributed by atoms with E-state index in [9.17, 15) is 0 Å². The Labute approximate surface area is 82.4 Å². The summed E-state index contributed by atoms with van der Waals surface area (Å²) in [4.78, 5) is 0. The molecule has 13 heavy (non-hydrogen) atoms. The van der Waals surface area contributed by atoms with E-state index in [-0.39, 0.29) is 0 Å². The van der Waals surface area contributed by atoms with Crippen LogP contribution in [0.3, 0.4) is 0 Å². The molecule has 0 aliphatic heterocycles. The molecule has 0 unspecified atom stereocenters. The summed E-state index contributed by atoms with van der Waals surface area (Å²) in [5.41, 5.74) is 0. The highest BCUT2D eigenvalue weighted by atomic mass is 14.4. The SMILES string of the molecule is CCCCCC[C@@H]1C[C@@H]2C=C[C@H]1C2. The number of rotatable bonds is 5. The van der Waals surface area contributed by atoms with Gasteiger partial charge >= 0.3 is 0 Å². The minimum atomic E-state index is 0.973. The van der Waals surface area contributed by atoms with Crippen molar-refractivity contribution < 1.29 is 0 Å². The van der Waals surface area contributed by atoms with E-state index in [4.69, 9.17) is 0 Å². The van der Waals surface area contributed by atoms with Gasteiger partial charge in [-0.3, -0.25) is 0 Å². The Hall–Kier alpha value is -0.260. The third kappa shape index (κ3) is 2.15. The smallest absolute Gasteiger partial charge is 0.0199 e. The number of unbranched alkanes of at least 4 members (excludes halogenated alkanes) is 3. The molecule has 2 aliphatic carbocycles. The van der Waals surface area contributed by atoms with Gasteiger partial charge in [0.25, 0.3) is 0 Å². The third-order valence-electron chi connectivity index (χ3n) is 3.84. The quantitative estimate of drug-likeness (QED) is 0.438. The van der Waals surface area contributed by atoms with Gasteiger partial charge in [0.05, 0.1) is 0 Å². The van der Waals surface area contributed by atoms with Crippen LogP contribution in [0.4, 0.5) is 0 Å². The van der Waals surface area contributed by atoms with Gasteiger partial charge in [-0.2, -0.15) is 0 Å². The molecule has 0 amide bonds. The average Bonchev–Trinajstić information content (AvgIpc) is 2.73. The molecule has 74 valence electrons. The molecule has 2 bridgehead atoms. The monoisotopic (exact) mass is 178 g/mol. The number of allylic oxidation sites excluding steroid dienone is 2. The van der Waals surface area contributed by atoms with E-state index in [1.165, 1.54) is 44.9 Å². The van der Waals surface area contributed by atoms with Crippen molar-refractivity contribution in [1.29, 1.82) is 0 Å². The molecule has 3 atom stereocenters. The van der Waals surface area contributed by atoms with Crippen LogP contribution in [0, 0.1) is 17.8 Å². The lowest BCUT2D eigenvalue weighted by atomic mass is 9.88. The van der Waals surface area contributed by atoms with Crippen LogP contribution in [-0.4, -0.2) is 0 Å². The molecule has 2 rings (SSSR count). The molecule has 0 saturated heterocycles. The largest absolute Gasteiger partial charge is 0.0851 e. The zero-order valence-electron chi connectivity index (χ0n) is 8.84. The van der Waals surface area contributed by atoms with Gasteiger partial charge in [0.15, 0.2) is 0 Å². The second-order valence-corrected chi connectivity index (χ2v) is 4.89. The minimum absolute atomic E-state index is 0.973. The Balaban J connectivity index is 1.64. The lowest BCUT2D eigenvalue weighted by Gasteiger charge is -2.17. The summed E-state index contributed by atoms with van der Waals surface area (Å²) >= 11 is 0. The predicted octanol–water partition coefficient (Wildman–Crippen LogP) is 4.17. The van der Waals surface area contributed by atoms with Gasteiger partial charge in [-0.15, -0.1) is 0 Å². The van der Waals surface area contributed by atoms with E-state index >= 15 is 0 Å². The summed E-state index contributed by atoms with van der Waals surface area (Å²) < 4.78 is 0. The summed E-state index contributed by atoms with van der Waals surface area (Å²) in [6.45, 7) is 2.29. The number of fused-ring (bicyclic) bond motifs is 2. The first-order chi connectivity index (χ1) is 6.40. The first kappa shape index (κ1) is 9.30. The van der Waals surface area contributed by atoms with Crippen LogP contribution >= 0.6 is 0 Å². The Morgan fingerprint density at radius 3 is 2.62 bits per heavy atom. The molecule has 1 saturated carbocycles. The van der Waals surface area contributed by atoms with Gasteiger partial charge < -0.3 is 0 Å². The molecule has 1 fully saturated rings. The Morgan fingerprint density at radius 2 is 2.00 bits per heavy atom. The molecular weight excluding hydrogens is 156 g/mol. The van der Waals surface area contributed by atoms with Crippen LogP contribution in [0.1, 0.15) is 51.9 Å². The van der Waals surface area contributed by atoms with E-state index in [0.717, 1.165) is 17.8 Å². The highest BCUT2D eigenvalue weighted by Crippen LogP contribution is 2.45. The number of hydrogen-bond donors (Lipinski definition) is 0. The summed E-state index contributed by atoms with van der Waals surface area (Å²) in [5.74, 6) is 3.01. The van der Waals surface area contributed by atoms with E-state index in [0.29, 0.717) is 0 Å². The van der Waals surface area contributed by atoms with Crippen LogP contribution in [0.2, 0.25) is 0 Å². The second kappa shape index (κ2) is 4.30. The Bertz CT molecular complexity index is 180. The summed E-state index contributed by atoms with van der Waals surface area (Å²) in [6, 6.07) is 0. The maximum absolute atomic E-state index is 2.48. The summed E-state index contributed by atoms with van der Waals surface area (Å²) in [5, 5.41) is 0. The zero-order chi connectivity index (χ0) is 9.10. The van der Waals surface area contributed by atoms with Crippen molar-refractivity contribution in [3.05, 3.63) is 12.2 Å². The molecule has 0 aromatic carbocycles. The topological polar surface area (TPSA) is 0 Å². The first-order valence-corrected chi connectivity index (χ1v) is 6.08. The van der Waals surface area contributed by atoms with Crippen molar-refractivity contribution in [2.45, 2.75) is 51.9 Å². The Morgan fingerprint density at radius 1 is 1.08 bits per heavy atom. The molecule has 0 heteroatoms. The van der Waals surface area contributed by atoms with Crippen molar-refractivity contribution >= 4 is 0 Å². The van der Waals surface area contributed by atoms with Crippen LogP contribution in [-0.2, 0) is 0 Å². The van der Waals surface area contributed by atoms with Crippen molar-refractivity contribution in [1.82, 2.24) is 0 Å². The standard InChI is InChI=1S/C13H22/c1-2-3-4-5-6-12-9-11-7-8-13(12)10-11/h7-8,11-13H,2-6,9-10H2,1H3/t11-,12+,13-/m0/s1. The molecule has 0 heterocycles. The van der Waals surface area contributed by atoms with E-state index in [1.807, 2.05) is 0 Å². The fraction of sp³-hybridized carbons (Fsp3) is 0.846. The molecular formula is C13H22. The van der Waals surface area contributed by atoms with Crippen molar-refractivity contribution in [2.24, 2.45) is 17.8 Å². The van der Waals surface area contributed by atoms with Crippen LogP contribution in [0.25, 0.3) is 0 Å².